The van der Waals surface area contributed by atoms with Gasteiger partial charge in [0.25, 0.3) is 0 Å². The minimum atomic E-state index is -0.419. The number of piperidine rings is 1. The van der Waals surface area contributed by atoms with Gasteiger partial charge in [0.1, 0.15) is 0 Å². The van der Waals surface area contributed by atoms with Crippen LogP contribution in [0, 0.1) is 11.7 Å². The van der Waals surface area contributed by atoms with Gasteiger partial charge in [-0.05, 0) is 55.4 Å². The summed E-state index contributed by atoms with van der Waals surface area (Å²) in [6, 6.07) is 5.95. The number of anilines is 3. The van der Waals surface area contributed by atoms with Gasteiger partial charge in [0.15, 0.2) is 11.6 Å². The lowest BCUT2D eigenvalue weighted by molar-refractivity contribution is 0.202. The molecule has 2 aromatic rings. The molecule has 0 aliphatic carbocycles. The van der Waals surface area contributed by atoms with E-state index in [0.29, 0.717) is 30.8 Å². The van der Waals surface area contributed by atoms with Crippen molar-refractivity contribution in [3.05, 3.63) is 35.8 Å². The largest absolute Gasteiger partial charge is 0.396 e. The first-order valence-corrected chi connectivity index (χ1v) is 9.04. The molecule has 2 aliphatic rings. The van der Waals surface area contributed by atoms with Crippen LogP contribution in [0.15, 0.2) is 29.4 Å². The molecule has 136 valence electrons. The zero-order valence-electron chi connectivity index (χ0n) is 14.5. The van der Waals surface area contributed by atoms with Gasteiger partial charge in [-0.2, -0.15) is 4.98 Å². The molecule has 0 radical (unpaired) electrons. The Balaban J connectivity index is 1.52. The van der Waals surface area contributed by atoms with Crippen LogP contribution >= 0.6 is 0 Å². The number of rotatable bonds is 4. The Morgan fingerprint density at radius 2 is 2.12 bits per heavy atom. The molecule has 2 aliphatic heterocycles. The number of benzene rings is 1. The molecule has 1 aromatic carbocycles. The average Bonchev–Trinajstić information content (AvgIpc) is 2.69. The van der Waals surface area contributed by atoms with Crippen LogP contribution in [0.2, 0.25) is 0 Å². The maximum atomic E-state index is 14.2. The smallest absolute Gasteiger partial charge is 0.229 e. The first-order valence-electron chi connectivity index (χ1n) is 9.04. The maximum absolute atomic E-state index is 14.2. The van der Waals surface area contributed by atoms with Gasteiger partial charge in [0, 0.05) is 31.6 Å². The highest BCUT2D eigenvalue weighted by molar-refractivity contribution is 5.71. The fourth-order valence-electron chi connectivity index (χ4n) is 3.47. The highest BCUT2D eigenvalue weighted by atomic mass is 19.1. The highest BCUT2D eigenvalue weighted by Crippen LogP contribution is 2.29. The molecule has 26 heavy (non-hydrogen) atoms. The maximum Gasteiger partial charge on any atom is 0.229 e. The van der Waals surface area contributed by atoms with Gasteiger partial charge >= 0.3 is 0 Å². The Kier molecular flexibility index (Phi) is 4.79. The summed E-state index contributed by atoms with van der Waals surface area (Å²) in [5, 5.41) is 12.4. The third-order valence-corrected chi connectivity index (χ3v) is 5.01. The molecule has 0 saturated carbocycles. The second-order valence-corrected chi connectivity index (χ2v) is 6.80. The minimum Gasteiger partial charge on any atom is -0.396 e. The highest BCUT2D eigenvalue weighted by Gasteiger charge is 2.22. The van der Waals surface area contributed by atoms with Crippen molar-refractivity contribution in [2.75, 3.05) is 29.9 Å². The minimum absolute atomic E-state index is 0.190. The van der Waals surface area contributed by atoms with E-state index >= 15 is 0 Å². The number of nitrogens with one attached hydrogen (secondary N) is 1. The molecule has 0 amide bonds. The van der Waals surface area contributed by atoms with Crippen molar-refractivity contribution in [1.29, 1.82) is 0 Å². The lowest BCUT2D eigenvalue weighted by Crippen LogP contribution is -2.36. The van der Waals surface area contributed by atoms with E-state index in [2.05, 4.69) is 20.3 Å². The van der Waals surface area contributed by atoms with Crippen LogP contribution in [0.3, 0.4) is 0 Å². The van der Waals surface area contributed by atoms with Crippen LogP contribution in [-0.4, -0.2) is 41.0 Å². The lowest BCUT2D eigenvalue weighted by atomic mass is 9.98. The number of hydrogen-bond acceptors (Lipinski definition) is 6. The van der Waals surface area contributed by atoms with Crippen LogP contribution in [0.1, 0.15) is 24.8 Å². The van der Waals surface area contributed by atoms with E-state index in [0.717, 1.165) is 37.1 Å². The van der Waals surface area contributed by atoms with Gasteiger partial charge in [-0.25, -0.2) is 9.37 Å². The molecule has 1 aromatic heterocycles. The van der Waals surface area contributed by atoms with E-state index in [9.17, 15) is 9.50 Å². The normalized spacial score (nSPS) is 17.2. The van der Waals surface area contributed by atoms with Crippen molar-refractivity contribution >= 4 is 29.4 Å². The number of hydrogen-bond donors (Lipinski definition) is 2. The average molecular weight is 355 g/mol. The second kappa shape index (κ2) is 7.37. The van der Waals surface area contributed by atoms with Crippen molar-refractivity contribution in [2.45, 2.75) is 25.7 Å². The van der Waals surface area contributed by atoms with Crippen molar-refractivity contribution < 1.29 is 9.50 Å². The molecule has 2 N–H and O–H groups in total. The zero-order valence-corrected chi connectivity index (χ0v) is 14.5. The number of aromatic nitrogens is 2. The Morgan fingerprint density at radius 3 is 2.92 bits per heavy atom. The molecule has 6 nitrogen and oxygen atoms in total. The van der Waals surface area contributed by atoms with Gasteiger partial charge in [0.05, 0.1) is 11.9 Å². The summed E-state index contributed by atoms with van der Waals surface area (Å²) >= 11 is 0. The molecule has 0 atom stereocenters. The first kappa shape index (κ1) is 16.9. The summed E-state index contributed by atoms with van der Waals surface area (Å²) in [5.74, 6) is 0.580. The Hall–Kier alpha value is -2.54. The van der Waals surface area contributed by atoms with E-state index in [1.807, 2.05) is 29.3 Å². The number of aryl methyl sites for hydroxylation is 1. The van der Waals surface area contributed by atoms with Crippen LogP contribution in [-0.2, 0) is 6.42 Å². The van der Waals surface area contributed by atoms with Gasteiger partial charge in [-0.3, -0.25) is 4.99 Å². The topological polar surface area (TPSA) is 73.6 Å². The second-order valence-electron chi connectivity index (χ2n) is 6.80. The third-order valence-electron chi connectivity index (χ3n) is 5.01. The van der Waals surface area contributed by atoms with Crippen LogP contribution in [0.5, 0.6) is 0 Å². The van der Waals surface area contributed by atoms with Crippen molar-refractivity contribution in [2.24, 2.45) is 10.9 Å². The van der Waals surface area contributed by atoms with Crippen molar-refractivity contribution in [3.8, 4) is 0 Å². The third kappa shape index (κ3) is 3.53. The summed E-state index contributed by atoms with van der Waals surface area (Å²) in [6.45, 7) is 1.57. The Bertz CT molecular complexity index is 818. The van der Waals surface area contributed by atoms with Gasteiger partial charge in [0.2, 0.25) is 5.95 Å². The van der Waals surface area contributed by atoms with E-state index in [4.69, 9.17) is 0 Å². The number of nitrogens with zero attached hydrogens (tertiary/aromatic N) is 4. The fraction of sp³-hybridized carbons (Fsp3) is 0.421. The standard InChI is InChI=1S/C19H22FN5O/c20-16-11-22-19(24-18(16)25-8-5-13(12-26)6-9-25)23-15-3-4-17-14(10-15)2-1-7-21-17/h3-4,7,10-11,13,26H,1-2,5-6,8-9,12H2,(H,22,23,24). The quantitative estimate of drug-likeness (QED) is 0.881. The predicted octanol–water partition coefficient (Wildman–Crippen LogP) is 3.22. The zero-order chi connectivity index (χ0) is 17.9. The van der Waals surface area contributed by atoms with E-state index in [1.54, 1.807) is 0 Å². The molecule has 1 saturated heterocycles. The number of halogens is 1. The SMILES string of the molecule is OCC1CCN(c2nc(Nc3ccc4c(c3)CCC=N4)ncc2F)CC1. The van der Waals surface area contributed by atoms with E-state index < -0.39 is 5.82 Å². The van der Waals surface area contributed by atoms with Crippen molar-refractivity contribution in [3.63, 3.8) is 0 Å². The molecule has 7 heteroatoms. The van der Waals surface area contributed by atoms with E-state index in [1.165, 1.54) is 11.8 Å². The monoisotopic (exact) mass is 355 g/mol. The Morgan fingerprint density at radius 1 is 1.27 bits per heavy atom. The summed E-state index contributed by atoms with van der Waals surface area (Å²) in [5.41, 5.74) is 3.05. The number of fused-ring (bicyclic) bond motifs is 1. The number of aliphatic hydroxyl groups is 1. The number of aliphatic hydroxyl groups excluding tert-OH is 1. The fourth-order valence-corrected chi connectivity index (χ4v) is 3.47. The molecular formula is C19H22FN5O. The predicted molar refractivity (Wildman–Crippen MR) is 100 cm³/mol. The molecule has 4 rings (SSSR count). The molecule has 0 spiro atoms. The summed E-state index contributed by atoms with van der Waals surface area (Å²) in [7, 11) is 0. The summed E-state index contributed by atoms with van der Waals surface area (Å²) in [4.78, 5) is 14.8. The van der Waals surface area contributed by atoms with Crippen LogP contribution < -0.4 is 10.2 Å². The van der Waals surface area contributed by atoms with Crippen LogP contribution in [0.25, 0.3) is 0 Å². The molecular weight excluding hydrogens is 333 g/mol. The number of aliphatic imine (C=N–C) groups is 1. The molecule has 1 fully saturated rings. The van der Waals surface area contributed by atoms with Gasteiger partial charge in [-0.1, -0.05) is 0 Å². The Labute approximate surface area is 151 Å². The van der Waals surface area contributed by atoms with E-state index in [-0.39, 0.29) is 6.61 Å². The summed E-state index contributed by atoms with van der Waals surface area (Å²) in [6.07, 6.45) is 6.74. The molecule has 0 unspecified atom stereocenters. The van der Waals surface area contributed by atoms with Crippen molar-refractivity contribution in [1.82, 2.24) is 9.97 Å². The summed E-state index contributed by atoms with van der Waals surface area (Å²) < 4.78 is 14.2. The lowest BCUT2D eigenvalue weighted by Gasteiger charge is -2.32. The first-order chi connectivity index (χ1) is 12.7. The van der Waals surface area contributed by atoms with Gasteiger partial charge in [-0.15, -0.1) is 0 Å². The molecule has 0 bridgehead atoms. The molecule has 3 heterocycles. The van der Waals surface area contributed by atoms with Crippen LogP contribution in [0.4, 0.5) is 27.5 Å². The van der Waals surface area contributed by atoms with Gasteiger partial charge < -0.3 is 15.3 Å².